The van der Waals surface area contributed by atoms with Gasteiger partial charge in [0.1, 0.15) is 11.2 Å². The van der Waals surface area contributed by atoms with Crippen LogP contribution in [-0.4, -0.2) is 16.9 Å². The van der Waals surface area contributed by atoms with Crippen molar-refractivity contribution >= 4 is 89.0 Å². The Bertz CT molecular complexity index is 3580. The number of benzene rings is 9. The molecule has 0 saturated heterocycles. The van der Waals surface area contributed by atoms with Gasteiger partial charge < -0.3 is 14.2 Å². The predicted molar refractivity (Wildman–Crippen MR) is 291 cm³/mol. The smallest absolute Gasteiger partial charge is 0.187 e. The maximum absolute atomic E-state index is 9.96. The summed E-state index contributed by atoms with van der Waals surface area (Å²) in [5.41, 5.74) is 14.7. The molecule has 69 heavy (non-hydrogen) atoms. The lowest BCUT2D eigenvalue weighted by atomic mass is 9.67. The number of furan rings is 1. The molecule has 10 aromatic rings. The monoisotopic (exact) mass is 921 g/mol. The molecule has 1 aliphatic rings. The van der Waals surface area contributed by atoms with Crippen LogP contribution in [0.15, 0.2) is 211 Å². The van der Waals surface area contributed by atoms with Gasteiger partial charge >= 0.3 is 0 Å². The maximum Gasteiger partial charge on any atom is 0.187 e. The van der Waals surface area contributed by atoms with Crippen LogP contribution in [0.1, 0.15) is 27.8 Å². The summed E-state index contributed by atoms with van der Waals surface area (Å²) in [7, 11) is -2.29. The van der Waals surface area contributed by atoms with Crippen molar-refractivity contribution in [3.63, 3.8) is 0 Å². The Balaban J connectivity index is 1.26. The molecule has 1 aliphatic carbocycles. The highest BCUT2D eigenvalue weighted by molar-refractivity contribution is 6.88. The zero-order chi connectivity index (χ0) is 47.4. The lowest BCUT2D eigenvalue weighted by Gasteiger charge is -2.36. The van der Waals surface area contributed by atoms with Crippen LogP contribution < -0.4 is 20.2 Å². The summed E-state index contributed by atoms with van der Waals surface area (Å²) in [4.78, 5) is 8.41. The van der Waals surface area contributed by atoms with Crippen molar-refractivity contribution in [2.45, 2.75) is 38.2 Å². The molecule has 1 aromatic heterocycles. The Labute approximate surface area is 407 Å². The largest absolute Gasteiger partial charge is 0.455 e. The molecule has 5 nitrogen and oxygen atoms in total. The highest BCUT2D eigenvalue weighted by Gasteiger charge is 2.49. The van der Waals surface area contributed by atoms with Crippen LogP contribution in [0.25, 0.3) is 37.9 Å². The van der Waals surface area contributed by atoms with Gasteiger partial charge in [-0.05, 0) is 113 Å². The van der Waals surface area contributed by atoms with E-state index < -0.39 is 22.3 Å². The molecule has 7 heteroatoms. The van der Waals surface area contributed by atoms with Gasteiger partial charge in [-0.2, -0.15) is 5.26 Å². The molecule has 0 saturated carbocycles. The average molecular weight is 922 g/mol. The van der Waals surface area contributed by atoms with Gasteiger partial charge in [-0.15, -0.1) is 0 Å². The topological polar surface area (TPSA) is 47.8 Å². The number of nitrogens with zero attached hydrogens (tertiary/aromatic N) is 4. The van der Waals surface area contributed by atoms with Crippen LogP contribution in [0.2, 0.25) is 32.7 Å². The van der Waals surface area contributed by atoms with E-state index in [2.05, 4.69) is 229 Å². The molecular formula is C62H49N4OSi2. The van der Waals surface area contributed by atoms with Gasteiger partial charge in [0.2, 0.25) is 0 Å². The molecule has 1 heterocycles. The standard InChI is InChI=1S/C62H49N4OSi2/c1-64-45-23-27-46(28-24-45)65(47-29-34-51(35-30-47)68(2)3)50-33-38-53-55(39-50)62(43-15-9-7-10-16-43,44-17-11-8-12-18-44)56-40-57(60-54-19-13-14-20-58(54)67-61(60)59(53)56)66(48-25-21-42(41-63)22-26-48)49-31-36-52(37-32-49)69(4,5)6/h7-40H,2-6H3. The van der Waals surface area contributed by atoms with Crippen molar-refractivity contribution in [1.82, 2.24) is 0 Å². The Morgan fingerprint density at radius 2 is 1.12 bits per heavy atom. The number of nitriles is 1. The molecule has 0 spiro atoms. The van der Waals surface area contributed by atoms with Crippen molar-refractivity contribution in [1.29, 1.82) is 5.26 Å². The minimum absolute atomic E-state index is 0.600. The SMILES string of the molecule is [C-]#[N+]c1ccc(N(c2ccc([Si](C)C)cc2)c2ccc3c(c2)C(c2ccccc2)(c2ccccc2)c2cc(N(c4ccc(C#N)cc4)c4ccc([Si](C)(C)C)cc4)c4c(oc5ccccc54)c2-3)cc1. The van der Waals surface area contributed by atoms with Crippen molar-refractivity contribution in [3.05, 3.63) is 245 Å². The Morgan fingerprint density at radius 1 is 0.580 bits per heavy atom. The van der Waals surface area contributed by atoms with E-state index in [1.807, 2.05) is 30.3 Å². The van der Waals surface area contributed by atoms with Crippen LogP contribution >= 0.6 is 0 Å². The number of fused-ring (bicyclic) bond motifs is 7. The van der Waals surface area contributed by atoms with Crippen LogP contribution in [-0.2, 0) is 5.41 Å². The molecule has 0 amide bonds. The number of anilines is 6. The Hall–Kier alpha value is -8.21. The highest BCUT2D eigenvalue weighted by atomic mass is 28.3. The summed E-state index contributed by atoms with van der Waals surface area (Å²) >= 11 is 0. The quantitative estimate of drug-likeness (QED) is 0.101. The molecule has 1 radical (unpaired) electrons. The zero-order valence-corrected chi connectivity index (χ0v) is 41.3. The third kappa shape index (κ3) is 7.27. The van der Waals surface area contributed by atoms with E-state index in [4.69, 9.17) is 11.0 Å². The van der Waals surface area contributed by atoms with Gasteiger partial charge in [0, 0.05) is 39.4 Å². The molecule has 9 aromatic carbocycles. The first-order valence-electron chi connectivity index (χ1n) is 23.4. The number of hydrogen-bond donors (Lipinski definition) is 0. The minimum atomic E-state index is -1.63. The summed E-state index contributed by atoms with van der Waals surface area (Å²) in [5, 5.41) is 14.8. The summed E-state index contributed by atoms with van der Waals surface area (Å²) < 4.78 is 7.25. The molecule has 331 valence electrons. The van der Waals surface area contributed by atoms with Gasteiger partial charge in [0.05, 0.1) is 51.6 Å². The molecule has 0 atom stereocenters. The van der Waals surface area contributed by atoms with Crippen LogP contribution in [0.4, 0.5) is 39.8 Å². The van der Waals surface area contributed by atoms with E-state index in [1.54, 1.807) is 0 Å². The van der Waals surface area contributed by atoms with Gasteiger partial charge in [-0.3, -0.25) is 0 Å². The normalized spacial score (nSPS) is 12.6. The minimum Gasteiger partial charge on any atom is -0.455 e. The highest BCUT2D eigenvalue weighted by Crippen LogP contribution is 2.61. The van der Waals surface area contributed by atoms with Crippen LogP contribution in [0.5, 0.6) is 0 Å². The molecule has 0 N–H and O–H groups in total. The fourth-order valence-corrected chi connectivity index (χ4v) is 12.4. The second kappa shape index (κ2) is 17.1. The van der Waals surface area contributed by atoms with Crippen LogP contribution in [0.3, 0.4) is 0 Å². The second-order valence-electron chi connectivity index (χ2n) is 19.1. The summed E-state index contributed by atoms with van der Waals surface area (Å²) in [6.07, 6.45) is 0. The van der Waals surface area contributed by atoms with Crippen molar-refractivity contribution in [2.75, 3.05) is 9.80 Å². The van der Waals surface area contributed by atoms with E-state index in [0.29, 0.717) is 11.3 Å². The number of hydrogen-bond acceptors (Lipinski definition) is 4. The fourth-order valence-electron chi connectivity index (χ4n) is 10.4. The fraction of sp³-hybridized carbons (Fsp3) is 0.0968. The maximum atomic E-state index is 9.96. The molecule has 11 rings (SSSR count). The average Bonchev–Trinajstić information content (AvgIpc) is 3.92. The summed E-state index contributed by atoms with van der Waals surface area (Å²) in [5.74, 6) is 0. The molecule has 0 unspecified atom stereocenters. The van der Waals surface area contributed by atoms with E-state index in [-0.39, 0.29) is 0 Å². The second-order valence-corrected chi connectivity index (χ2v) is 26.8. The first-order valence-corrected chi connectivity index (χ1v) is 29.4. The molecule has 0 aliphatic heterocycles. The Morgan fingerprint density at radius 3 is 1.70 bits per heavy atom. The van der Waals surface area contributed by atoms with Gasteiger partial charge in [-0.25, -0.2) is 4.85 Å². The van der Waals surface area contributed by atoms with Gasteiger partial charge in [-0.1, -0.05) is 164 Å². The van der Waals surface area contributed by atoms with E-state index in [9.17, 15) is 5.26 Å². The number of rotatable bonds is 10. The van der Waals surface area contributed by atoms with Crippen molar-refractivity contribution < 1.29 is 4.42 Å². The lowest BCUT2D eigenvalue weighted by molar-refractivity contribution is 0.669. The van der Waals surface area contributed by atoms with Crippen LogP contribution in [0, 0.1) is 17.9 Å². The third-order valence-electron chi connectivity index (χ3n) is 13.8. The van der Waals surface area contributed by atoms with Gasteiger partial charge in [0.25, 0.3) is 0 Å². The Kier molecular flexibility index (Phi) is 10.8. The summed E-state index contributed by atoms with van der Waals surface area (Å²) in [6, 6.07) is 75.9. The molecule has 0 bridgehead atoms. The number of para-hydroxylation sites is 1. The lowest BCUT2D eigenvalue weighted by Crippen LogP contribution is -2.37. The molecular weight excluding hydrogens is 873 g/mol. The van der Waals surface area contributed by atoms with E-state index in [1.165, 1.54) is 10.4 Å². The van der Waals surface area contributed by atoms with E-state index in [0.717, 1.165) is 89.4 Å². The van der Waals surface area contributed by atoms with E-state index >= 15 is 0 Å². The third-order valence-corrected chi connectivity index (χ3v) is 17.4. The zero-order valence-electron chi connectivity index (χ0n) is 39.3. The summed E-state index contributed by atoms with van der Waals surface area (Å²) in [6.45, 7) is 19.5. The first-order chi connectivity index (χ1) is 33.6. The van der Waals surface area contributed by atoms with Crippen molar-refractivity contribution in [2.24, 2.45) is 0 Å². The van der Waals surface area contributed by atoms with Gasteiger partial charge in [0.15, 0.2) is 5.69 Å². The predicted octanol–water partition coefficient (Wildman–Crippen LogP) is 15.8. The van der Waals surface area contributed by atoms with Crippen molar-refractivity contribution in [3.8, 4) is 17.2 Å². The molecule has 0 fully saturated rings. The first kappa shape index (κ1) is 43.4.